The number of fused-ring (bicyclic) bond motifs is 1. The van der Waals surface area contributed by atoms with Crippen LogP contribution in [0.1, 0.15) is 29.4 Å². The topological polar surface area (TPSA) is 74.4 Å². The normalized spacial score (nSPS) is 18.0. The summed E-state index contributed by atoms with van der Waals surface area (Å²) in [6.07, 6.45) is 3.74. The van der Waals surface area contributed by atoms with Crippen molar-refractivity contribution < 1.29 is 13.9 Å². The van der Waals surface area contributed by atoms with Gasteiger partial charge in [0.15, 0.2) is 5.65 Å². The molecule has 1 fully saturated rings. The number of imidazole rings is 1. The predicted octanol–water partition coefficient (Wildman–Crippen LogP) is 3.61. The summed E-state index contributed by atoms with van der Waals surface area (Å²) in [6.45, 7) is 0. The monoisotopic (exact) mass is 391 g/mol. The molecule has 5 rings (SSSR count). The highest BCUT2D eigenvalue weighted by Gasteiger charge is 2.41. The lowest BCUT2D eigenvalue weighted by molar-refractivity contribution is 0.353. The van der Waals surface area contributed by atoms with E-state index in [2.05, 4.69) is 32.2 Å². The van der Waals surface area contributed by atoms with E-state index in [0.29, 0.717) is 28.7 Å². The van der Waals surface area contributed by atoms with Gasteiger partial charge in [-0.15, -0.1) is 0 Å². The molecule has 0 amide bonds. The molecular weight excluding hydrogens is 373 g/mol. The maximum absolute atomic E-state index is 14.4. The van der Waals surface area contributed by atoms with Crippen LogP contribution in [0.25, 0.3) is 16.9 Å². The number of nitrogens with zero attached hydrogens (tertiary/aromatic N) is 5. The van der Waals surface area contributed by atoms with Gasteiger partial charge < -0.3 is 9.47 Å². The van der Waals surface area contributed by atoms with E-state index in [1.807, 2.05) is 24.3 Å². The van der Waals surface area contributed by atoms with Crippen molar-refractivity contribution in [3.63, 3.8) is 0 Å². The molecule has 0 aliphatic heterocycles. The zero-order valence-corrected chi connectivity index (χ0v) is 15.9. The maximum Gasteiger partial charge on any atom is 0.319 e. The van der Waals surface area contributed by atoms with Gasteiger partial charge >= 0.3 is 6.01 Å². The number of rotatable bonds is 5. The highest BCUT2D eigenvalue weighted by Crippen LogP contribution is 2.55. The van der Waals surface area contributed by atoms with E-state index in [0.717, 1.165) is 12.0 Å². The van der Waals surface area contributed by atoms with Crippen LogP contribution in [0.5, 0.6) is 11.9 Å². The summed E-state index contributed by atoms with van der Waals surface area (Å²) < 4.78 is 26.1. The van der Waals surface area contributed by atoms with E-state index in [1.54, 1.807) is 6.20 Å². The Morgan fingerprint density at radius 3 is 2.62 bits per heavy atom. The lowest BCUT2D eigenvalue weighted by Crippen LogP contribution is -2.04. The minimum absolute atomic E-state index is 0.187. The molecule has 0 N–H and O–H groups in total. The van der Waals surface area contributed by atoms with E-state index >= 15 is 0 Å². The third kappa shape index (κ3) is 2.97. The number of aromatic nitrogens is 5. The molecule has 7 nitrogen and oxygen atoms in total. The second kappa shape index (κ2) is 6.80. The van der Waals surface area contributed by atoms with Crippen LogP contribution in [0.15, 0.2) is 48.8 Å². The molecule has 3 aromatic heterocycles. The molecule has 0 unspecified atom stereocenters. The zero-order valence-electron chi connectivity index (χ0n) is 15.9. The molecule has 1 saturated carbocycles. The molecule has 0 saturated heterocycles. The lowest BCUT2D eigenvalue weighted by Gasteiger charge is -2.10. The van der Waals surface area contributed by atoms with Crippen molar-refractivity contribution in [3.05, 3.63) is 65.9 Å². The van der Waals surface area contributed by atoms with Gasteiger partial charge in [0.05, 0.1) is 31.7 Å². The van der Waals surface area contributed by atoms with Gasteiger partial charge in [-0.3, -0.25) is 0 Å². The predicted molar refractivity (Wildman–Crippen MR) is 104 cm³/mol. The van der Waals surface area contributed by atoms with Crippen LogP contribution in [0.3, 0.4) is 0 Å². The van der Waals surface area contributed by atoms with Crippen LogP contribution in [-0.4, -0.2) is 38.8 Å². The van der Waals surface area contributed by atoms with E-state index < -0.39 is 5.95 Å². The van der Waals surface area contributed by atoms with Crippen molar-refractivity contribution in [2.45, 2.75) is 18.3 Å². The smallest absolute Gasteiger partial charge is 0.319 e. The zero-order chi connectivity index (χ0) is 20.0. The van der Waals surface area contributed by atoms with Crippen LogP contribution >= 0.6 is 0 Å². The summed E-state index contributed by atoms with van der Waals surface area (Å²) in [4.78, 5) is 12.6. The third-order valence-electron chi connectivity index (χ3n) is 5.26. The first-order valence-electron chi connectivity index (χ1n) is 9.24. The van der Waals surface area contributed by atoms with Gasteiger partial charge in [-0.05, 0) is 29.9 Å². The minimum Gasteiger partial charge on any atom is -0.480 e. The Balaban J connectivity index is 1.63. The molecule has 0 bridgehead atoms. The number of methoxy groups -OCH3 is 2. The Morgan fingerprint density at radius 1 is 1.03 bits per heavy atom. The number of hydrogen-bond donors (Lipinski definition) is 0. The molecule has 0 radical (unpaired) electrons. The summed E-state index contributed by atoms with van der Waals surface area (Å²) in [6, 6.07) is 12.4. The molecule has 1 aromatic carbocycles. The number of ether oxygens (including phenoxy) is 2. The Bertz CT molecular complexity index is 1190. The molecule has 3 heterocycles. The van der Waals surface area contributed by atoms with Crippen LogP contribution in [-0.2, 0) is 0 Å². The highest BCUT2D eigenvalue weighted by atomic mass is 19.1. The second-order valence-corrected chi connectivity index (χ2v) is 6.94. The highest BCUT2D eigenvalue weighted by molar-refractivity contribution is 5.68. The first-order valence-corrected chi connectivity index (χ1v) is 9.24. The SMILES string of the molecule is COc1ncc(-c2cc([C@H]3C[C@@H]3c3ccccc3)c3ncc(F)n3n2)c(OC)n1. The molecule has 2 atom stereocenters. The van der Waals surface area contributed by atoms with Crippen molar-refractivity contribution in [2.75, 3.05) is 14.2 Å². The van der Waals surface area contributed by atoms with Gasteiger partial charge in [-0.25, -0.2) is 9.97 Å². The quantitative estimate of drug-likeness (QED) is 0.517. The molecular formula is C21H18FN5O2. The molecule has 146 valence electrons. The first kappa shape index (κ1) is 17.5. The summed E-state index contributed by atoms with van der Waals surface area (Å²) in [7, 11) is 2.99. The van der Waals surface area contributed by atoms with Crippen LogP contribution < -0.4 is 9.47 Å². The number of benzene rings is 1. The Labute approximate surface area is 166 Å². The van der Waals surface area contributed by atoms with Gasteiger partial charge in [0.2, 0.25) is 11.8 Å². The summed E-state index contributed by atoms with van der Waals surface area (Å²) >= 11 is 0. The summed E-state index contributed by atoms with van der Waals surface area (Å²) in [5.41, 5.74) is 3.82. The summed E-state index contributed by atoms with van der Waals surface area (Å²) in [5, 5.41) is 4.42. The second-order valence-electron chi connectivity index (χ2n) is 6.94. The van der Waals surface area contributed by atoms with E-state index in [-0.39, 0.29) is 11.9 Å². The van der Waals surface area contributed by atoms with Crippen molar-refractivity contribution in [3.8, 4) is 23.1 Å². The Kier molecular flexibility index (Phi) is 4.12. The van der Waals surface area contributed by atoms with Crippen LogP contribution in [0.4, 0.5) is 4.39 Å². The van der Waals surface area contributed by atoms with Gasteiger partial charge in [0.25, 0.3) is 0 Å². The standard InChI is InChI=1S/C21H18FN5O2/c1-28-20-16(10-24-21(25-20)29-2)17-9-15(19-23-11-18(22)27(19)26-17)14-8-13(14)12-6-4-3-5-7-12/h3-7,9-11,13-14H,8H2,1-2H3/t13-,14+/m1/s1. The average molecular weight is 391 g/mol. The molecule has 0 spiro atoms. The first-order chi connectivity index (χ1) is 14.2. The fourth-order valence-corrected chi connectivity index (χ4v) is 3.76. The van der Waals surface area contributed by atoms with Gasteiger partial charge in [0.1, 0.15) is 0 Å². The van der Waals surface area contributed by atoms with Crippen molar-refractivity contribution >= 4 is 5.65 Å². The minimum atomic E-state index is -0.520. The van der Waals surface area contributed by atoms with Gasteiger partial charge in [0, 0.05) is 11.8 Å². The van der Waals surface area contributed by atoms with E-state index in [1.165, 1.54) is 30.5 Å². The van der Waals surface area contributed by atoms with Crippen molar-refractivity contribution in [2.24, 2.45) is 0 Å². The fraction of sp³-hybridized carbons (Fsp3) is 0.238. The third-order valence-corrected chi connectivity index (χ3v) is 5.26. The van der Waals surface area contributed by atoms with Gasteiger partial charge in [-0.2, -0.15) is 19.0 Å². The molecule has 1 aliphatic rings. The number of halogens is 1. The molecule has 1 aliphatic carbocycles. The van der Waals surface area contributed by atoms with Gasteiger partial charge in [-0.1, -0.05) is 30.3 Å². The summed E-state index contributed by atoms with van der Waals surface area (Å²) in [5.74, 6) is 0.414. The molecule has 8 heteroatoms. The Morgan fingerprint density at radius 2 is 1.86 bits per heavy atom. The lowest BCUT2D eigenvalue weighted by atomic mass is 10.0. The number of hydrogen-bond acceptors (Lipinski definition) is 6. The average Bonchev–Trinajstić information content (AvgIpc) is 3.49. The Hall–Kier alpha value is -3.55. The van der Waals surface area contributed by atoms with Crippen molar-refractivity contribution in [1.29, 1.82) is 0 Å². The largest absolute Gasteiger partial charge is 0.480 e. The maximum atomic E-state index is 14.4. The van der Waals surface area contributed by atoms with Crippen LogP contribution in [0, 0.1) is 5.95 Å². The fourth-order valence-electron chi connectivity index (χ4n) is 3.76. The van der Waals surface area contributed by atoms with Crippen molar-refractivity contribution in [1.82, 2.24) is 24.6 Å². The van der Waals surface area contributed by atoms with E-state index in [4.69, 9.17) is 9.47 Å². The molecule has 29 heavy (non-hydrogen) atoms. The van der Waals surface area contributed by atoms with Crippen LogP contribution in [0.2, 0.25) is 0 Å². The molecule has 4 aromatic rings. The van der Waals surface area contributed by atoms with E-state index in [9.17, 15) is 4.39 Å².